The van der Waals surface area contributed by atoms with Crippen molar-refractivity contribution in [3.05, 3.63) is 35.9 Å². The Labute approximate surface area is 112 Å². The Morgan fingerprint density at radius 2 is 1.95 bits per heavy atom. The number of piperidine rings is 1. The van der Waals surface area contributed by atoms with E-state index in [-0.39, 0.29) is 17.7 Å². The molecule has 0 atom stereocenters. The van der Waals surface area contributed by atoms with Gasteiger partial charge in [0, 0.05) is 19.0 Å². The Bertz CT molecular complexity index is 451. The lowest BCUT2D eigenvalue weighted by atomic mass is 9.95. The van der Waals surface area contributed by atoms with Crippen molar-refractivity contribution in [2.45, 2.75) is 19.3 Å². The van der Waals surface area contributed by atoms with Crippen LogP contribution in [0.4, 0.5) is 0 Å². The molecule has 0 aliphatic carbocycles. The van der Waals surface area contributed by atoms with Crippen LogP contribution in [-0.4, -0.2) is 34.9 Å². The molecular formula is C14H19N3O2. The Balaban J connectivity index is 1.86. The molecule has 0 unspecified atom stereocenters. The van der Waals surface area contributed by atoms with Gasteiger partial charge in [-0.2, -0.15) is 0 Å². The van der Waals surface area contributed by atoms with Crippen LogP contribution in [0.25, 0.3) is 0 Å². The van der Waals surface area contributed by atoms with Gasteiger partial charge in [0.05, 0.1) is 6.42 Å². The van der Waals surface area contributed by atoms with Gasteiger partial charge in [0.1, 0.15) is 5.84 Å². The summed E-state index contributed by atoms with van der Waals surface area (Å²) in [6.45, 7) is 1.35. The Hall–Kier alpha value is -2.04. The van der Waals surface area contributed by atoms with Gasteiger partial charge in [0.25, 0.3) is 0 Å². The van der Waals surface area contributed by atoms with Gasteiger partial charge in [-0.15, -0.1) is 0 Å². The fourth-order valence-electron chi connectivity index (χ4n) is 2.39. The van der Waals surface area contributed by atoms with Crippen molar-refractivity contribution in [3.63, 3.8) is 0 Å². The first kappa shape index (κ1) is 13.4. The summed E-state index contributed by atoms with van der Waals surface area (Å²) in [7, 11) is 0. The predicted molar refractivity (Wildman–Crippen MR) is 72.9 cm³/mol. The molecule has 1 aromatic carbocycles. The Morgan fingerprint density at radius 3 is 2.53 bits per heavy atom. The molecule has 1 saturated heterocycles. The van der Waals surface area contributed by atoms with Gasteiger partial charge in [0.15, 0.2) is 0 Å². The Morgan fingerprint density at radius 1 is 1.32 bits per heavy atom. The molecule has 1 fully saturated rings. The van der Waals surface area contributed by atoms with E-state index in [1.54, 1.807) is 0 Å². The van der Waals surface area contributed by atoms with E-state index < -0.39 is 0 Å². The normalized spacial score (nSPS) is 17.5. The maximum Gasteiger partial charge on any atom is 0.226 e. The lowest BCUT2D eigenvalue weighted by molar-refractivity contribution is -0.131. The molecule has 0 aromatic heterocycles. The molecule has 2 rings (SSSR count). The van der Waals surface area contributed by atoms with Gasteiger partial charge in [-0.3, -0.25) is 4.79 Å². The van der Waals surface area contributed by atoms with Crippen LogP contribution < -0.4 is 5.73 Å². The summed E-state index contributed by atoms with van der Waals surface area (Å²) >= 11 is 0. The first-order chi connectivity index (χ1) is 9.20. The van der Waals surface area contributed by atoms with Crippen molar-refractivity contribution in [1.29, 1.82) is 0 Å². The van der Waals surface area contributed by atoms with Crippen LogP contribution in [0.5, 0.6) is 0 Å². The van der Waals surface area contributed by atoms with Crippen molar-refractivity contribution in [3.8, 4) is 0 Å². The number of carbonyl (C=O) groups is 1. The van der Waals surface area contributed by atoms with E-state index in [4.69, 9.17) is 10.9 Å². The molecule has 5 heteroatoms. The fraction of sp³-hybridized carbons (Fsp3) is 0.429. The maximum atomic E-state index is 12.1. The molecule has 1 aliphatic rings. The van der Waals surface area contributed by atoms with Crippen LogP contribution in [-0.2, 0) is 11.2 Å². The minimum absolute atomic E-state index is 0.0887. The van der Waals surface area contributed by atoms with Gasteiger partial charge in [0.2, 0.25) is 5.91 Å². The zero-order valence-electron chi connectivity index (χ0n) is 10.8. The maximum absolute atomic E-state index is 12.1. The summed E-state index contributed by atoms with van der Waals surface area (Å²) in [5.74, 6) is 0.505. The van der Waals surface area contributed by atoms with E-state index in [0.29, 0.717) is 19.5 Å². The number of carbonyl (C=O) groups excluding carboxylic acids is 1. The number of nitrogens with two attached hydrogens (primary N) is 1. The second kappa shape index (κ2) is 6.22. The molecule has 5 nitrogen and oxygen atoms in total. The molecule has 1 heterocycles. The summed E-state index contributed by atoms with van der Waals surface area (Å²) in [6, 6.07) is 9.74. The SMILES string of the molecule is NC(=NO)C1CCN(C(=O)Cc2ccccc2)CC1. The number of hydrogen-bond acceptors (Lipinski definition) is 3. The summed E-state index contributed by atoms with van der Waals surface area (Å²) in [5, 5.41) is 11.7. The average Bonchev–Trinajstić information content (AvgIpc) is 2.47. The highest BCUT2D eigenvalue weighted by Gasteiger charge is 2.25. The zero-order chi connectivity index (χ0) is 13.7. The molecule has 0 bridgehead atoms. The second-order valence-corrected chi connectivity index (χ2v) is 4.84. The molecule has 0 saturated carbocycles. The van der Waals surface area contributed by atoms with Crippen LogP contribution in [0.3, 0.4) is 0 Å². The number of hydrogen-bond donors (Lipinski definition) is 2. The van der Waals surface area contributed by atoms with E-state index in [1.807, 2.05) is 35.2 Å². The van der Waals surface area contributed by atoms with Crippen LogP contribution in [0.1, 0.15) is 18.4 Å². The lowest BCUT2D eigenvalue weighted by Crippen LogP contribution is -2.42. The quantitative estimate of drug-likeness (QED) is 0.371. The number of amidine groups is 1. The molecule has 0 radical (unpaired) electrons. The van der Waals surface area contributed by atoms with E-state index >= 15 is 0 Å². The van der Waals surface area contributed by atoms with Crippen molar-refractivity contribution >= 4 is 11.7 Å². The van der Waals surface area contributed by atoms with E-state index in [2.05, 4.69) is 5.16 Å². The molecule has 19 heavy (non-hydrogen) atoms. The number of rotatable bonds is 3. The van der Waals surface area contributed by atoms with Crippen LogP contribution in [0.2, 0.25) is 0 Å². The van der Waals surface area contributed by atoms with Crippen molar-refractivity contribution in [1.82, 2.24) is 4.90 Å². The zero-order valence-corrected chi connectivity index (χ0v) is 10.8. The largest absolute Gasteiger partial charge is 0.409 e. The molecule has 102 valence electrons. The third kappa shape index (κ3) is 3.47. The number of benzene rings is 1. The monoisotopic (exact) mass is 261 g/mol. The molecule has 1 aromatic rings. The third-order valence-electron chi connectivity index (χ3n) is 3.58. The highest BCUT2D eigenvalue weighted by molar-refractivity contribution is 5.83. The molecule has 1 amide bonds. The highest BCUT2D eigenvalue weighted by Crippen LogP contribution is 2.18. The van der Waals surface area contributed by atoms with Crippen molar-refractivity contribution in [2.24, 2.45) is 16.8 Å². The number of likely N-dealkylation sites (tertiary alicyclic amines) is 1. The van der Waals surface area contributed by atoms with Crippen molar-refractivity contribution < 1.29 is 10.0 Å². The lowest BCUT2D eigenvalue weighted by Gasteiger charge is -2.31. The van der Waals surface area contributed by atoms with Gasteiger partial charge >= 0.3 is 0 Å². The summed E-state index contributed by atoms with van der Waals surface area (Å²) in [5.41, 5.74) is 6.62. The van der Waals surface area contributed by atoms with Gasteiger partial charge < -0.3 is 15.8 Å². The van der Waals surface area contributed by atoms with E-state index in [9.17, 15) is 4.79 Å². The van der Waals surface area contributed by atoms with Crippen LogP contribution in [0.15, 0.2) is 35.5 Å². The average molecular weight is 261 g/mol. The number of oxime groups is 1. The first-order valence-electron chi connectivity index (χ1n) is 6.50. The molecular weight excluding hydrogens is 242 g/mol. The molecule has 0 spiro atoms. The summed E-state index contributed by atoms with van der Waals surface area (Å²) in [4.78, 5) is 14.0. The topological polar surface area (TPSA) is 78.9 Å². The van der Waals surface area contributed by atoms with Crippen LogP contribution >= 0.6 is 0 Å². The summed E-state index contributed by atoms with van der Waals surface area (Å²) < 4.78 is 0. The molecule has 1 aliphatic heterocycles. The van der Waals surface area contributed by atoms with Crippen molar-refractivity contribution in [2.75, 3.05) is 13.1 Å². The number of nitrogens with zero attached hydrogens (tertiary/aromatic N) is 2. The second-order valence-electron chi connectivity index (χ2n) is 4.84. The van der Waals surface area contributed by atoms with E-state index in [1.165, 1.54) is 0 Å². The van der Waals surface area contributed by atoms with E-state index in [0.717, 1.165) is 18.4 Å². The minimum Gasteiger partial charge on any atom is -0.409 e. The minimum atomic E-state index is 0.0887. The third-order valence-corrected chi connectivity index (χ3v) is 3.58. The summed E-state index contributed by atoms with van der Waals surface area (Å²) in [6.07, 6.45) is 1.96. The number of amides is 1. The smallest absolute Gasteiger partial charge is 0.226 e. The Kier molecular flexibility index (Phi) is 4.39. The fourth-order valence-corrected chi connectivity index (χ4v) is 2.39. The molecule has 3 N–H and O–H groups in total. The standard InChI is InChI=1S/C14H19N3O2/c15-14(16-19)12-6-8-17(9-7-12)13(18)10-11-4-2-1-3-5-11/h1-5,12,19H,6-10H2,(H2,15,16). The highest BCUT2D eigenvalue weighted by atomic mass is 16.4. The predicted octanol–water partition coefficient (Wildman–Crippen LogP) is 1.21. The first-order valence-corrected chi connectivity index (χ1v) is 6.50. The van der Waals surface area contributed by atoms with Gasteiger partial charge in [-0.05, 0) is 18.4 Å². The van der Waals surface area contributed by atoms with Crippen LogP contribution in [0, 0.1) is 5.92 Å². The van der Waals surface area contributed by atoms with Gasteiger partial charge in [-0.1, -0.05) is 35.5 Å². The van der Waals surface area contributed by atoms with Gasteiger partial charge in [-0.25, -0.2) is 0 Å².